The van der Waals surface area contributed by atoms with Crippen LogP contribution in [0.3, 0.4) is 0 Å². The maximum Gasteiger partial charge on any atom is 0.240 e. The van der Waals surface area contributed by atoms with Crippen molar-refractivity contribution in [2.24, 2.45) is 5.73 Å². The molecule has 0 radical (unpaired) electrons. The minimum absolute atomic E-state index is 0.228. The van der Waals surface area contributed by atoms with Gasteiger partial charge in [-0.05, 0) is 37.7 Å². The highest BCUT2D eigenvalue weighted by molar-refractivity contribution is 7.89. The summed E-state index contributed by atoms with van der Waals surface area (Å²) in [6.45, 7) is 2.71. The minimum atomic E-state index is -3.37. The Morgan fingerprint density at radius 1 is 1.26 bits per heavy atom. The molecular weight excluding hydrogens is 262 g/mol. The van der Waals surface area contributed by atoms with Crippen molar-refractivity contribution in [2.75, 3.05) is 18.9 Å². The van der Waals surface area contributed by atoms with Gasteiger partial charge in [0, 0.05) is 18.3 Å². The molecule has 0 bridgehead atoms. The van der Waals surface area contributed by atoms with Crippen molar-refractivity contribution in [1.29, 1.82) is 0 Å². The van der Waals surface area contributed by atoms with Crippen molar-refractivity contribution in [2.45, 2.75) is 37.1 Å². The Labute approximate surface area is 115 Å². The highest BCUT2D eigenvalue weighted by Crippen LogP contribution is 2.15. The molecule has 5 nitrogen and oxygen atoms in total. The first-order valence-electron chi connectivity index (χ1n) is 6.53. The second-order valence-electron chi connectivity index (χ2n) is 4.45. The smallest absolute Gasteiger partial charge is 0.240 e. The molecule has 0 aliphatic rings. The number of rotatable bonds is 8. The maximum absolute atomic E-state index is 11.6. The third kappa shape index (κ3) is 4.81. The Hall–Kier alpha value is -1.11. The SMILES string of the molecule is CCCCC(CN)Nc1ccc(S(=O)(=O)NC)cc1. The number of hydrogen-bond donors (Lipinski definition) is 3. The first kappa shape index (κ1) is 15.9. The maximum atomic E-state index is 11.6. The topological polar surface area (TPSA) is 84.2 Å². The van der Waals surface area contributed by atoms with Gasteiger partial charge in [0.1, 0.15) is 0 Å². The number of nitrogens with one attached hydrogen (secondary N) is 2. The number of hydrogen-bond acceptors (Lipinski definition) is 4. The van der Waals surface area contributed by atoms with Crippen LogP contribution in [-0.4, -0.2) is 28.1 Å². The summed E-state index contributed by atoms with van der Waals surface area (Å²) >= 11 is 0. The summed E-state index contributed by atoms with van der Waals surface area (Å²) in [4.78, 5) is 0.262. The van der Waals surface area contributed by atoms with Crippen LogP contribution in [0, 0.1) is 0 Å². The summed E-state index contributed by atoms with van der Waals surface area (Å²) in [5.41, 5.74) is 6.60. The summed E-state index contributed by atoms with van der Waals surface area (Å²) in [5.74, 6) is 0. The summed E-state index contributed by atoms with van der Waals surface area (Å²) in [7, 11) is -1.97. The van der Waals surface area contributed by atoms with Crippen LogP contribution in [0.4, 0.5) is 5.69 Å². The molecule has 0 aliphatic heterocycles. The van der Waals surface area contributed by atoms with Crippen LogP contribution in [0.1, 0.15) is 26.2 Å². The van der Waals surface area contributed by atoms with Crippen LogP contribution in [0.2, 0.25) is 0 Å². The Morgan fingerprint density at radius 2 is 1.89 bits per heavy atom. The standard InChI is InChI=1S/C13H23N3O2S/c1-3-4-5-12(10-14)16-11-6-8-13(9-7-11)19(17,18)15-2/h6-9,12,15-16H,3-5,10,14H2,1-2H3. The quantitative estimate of drug-likeness (QED) is 0.676. The minimum Gasteiger partial charge on any atom is -0.381 e. The van der Waals surface area contributed by atoms with Gasteiger partial charge in [-0.25, -0.2) is 13.1 Å². The summed E-state index contributed by atoms with van der Waals surface area (Å²) in [6, 6.07) is 6.92. The number of unbranched alkanes of at least 4 members (excludes halogenated alkanes) is 1. The Morgan fingerprint density at radius 3 is 2.37 bits per heavy atom. The van der Waals surface area contributed by atoms with Crippen LogP contribution in [-0.2, 0) is 10.0 Å². The lowest BCUT2D eigenvalue weighted by Crippen LogP contribution is -2.28. The van der Waals surface area contributed by atoms with E-state index in [0.29, 0.717) is 6.54 Å². The van der Waals surface area contributed by atoms with Gasteiger partial charge in [-0.2, -0.15) is 0 Å². The zero-order valence-electron chi connectivity index (χ0n) is 11.5. The summed E-state index contributed by atoms with van der Waals surface area (Å²) in [5, 5.41) is 3.32. The molecule has 1 unspecified atom stereocenters. The fraction of sp³-hybridized carbons (Fsp3) is 0.538. The zero-order chi connectivity index (χ0) is 14.3. The molecule has 4 N–H and O–H groups in total. The molecule has 0 fully saturated rings. The Kier molecular flexibility index (Phi) is 6.27. The van der Waals surface area contributed by atoms with Gasteiger partial charge in [0.2, 0.25) is 10.0 Å². The first-order chi connectivity index (χ1) is 9.03. The average molecular weight is 285 g/mol. The molecule has 1 atom stereocenters. The van der Waals surface area contributed by atoms with E-state index in [1.807, 2.05) is 0 Å². The predicted molar refractivity (Wildman–Crippen MR) is 78.7 cm³/mol. The fourth-order valence-electron chi connectivity index (χ4n) is 1.78. The molecule has 6 heteroatoms. The molecule has 1 rings (SSSR count). The van der Waals surface area contributed by atoms with Gasteiger partial charge in [0.25, 0.3) is 0 Å². The van der Waals surface area contributed by atoms with Gasteiger partial charge >= 0.3 is 0 Å². The van der Waals surface area contributed by atoms with Crippen LogP contribution >= 0.6 is 0 Å². The van der Waals surface area contributed by atoms with E-state index in [1.165, 1.54) is 7.05 Å². The molecule has 0 saturated heterocycles. The van der Waals surface area contributed by atoms with Crippen LogP contribution < -0.4 is 15.8 Å². The van der Waals surface area contributed by atoms with Gasteiger partial charge in [0.05, 0.1) is 4.90 Å². The molecule has 108 valence electrons. The lowest BCUT2D eigenvalue weighted by molar-refractivity contribution is 0.588. The fourth-order valence-corrected chi connectivity index (χ4v) is 2.51. The van der Waals surface area contributed by atoms with Gasteiger partial charge < -0.3 is 11.1 Å². The van der Waals surface area contributed by atoms with Gasteiger partial charge in [-0.3, -0.25) is 0 Å². The number of anilines is 1. The van der Waals surface area contributed by atoms with E-state index >= 15 is 0 Å². The highest BCUT2D eigenvalue weighted by Gasteiger charge is 2.11. The first-order valence-corrected chi connectivity index (χ1v) is 8.02. The number of benzene rings is 1. The lowest BCUT2D eigenvalue weighted by atomic mass is 10.1. The van der Waals surface area contributed by atoms with Gasteiger partial charge in [-0.1, -0.05) is 19.8 Å². The van der Waals surface area contributed by atoms with E-state index in [-0.39, 0.29) is 10.9 Å². The molecule has 1 aromatic rings. The molecule has 0 heterocycles. The molecule has 1 aromatic carbocycles. The van der Waals surface area contributed by atoms with E-state index in [4.69, 9.17) is 5.73 Å². The van der Waals surface area contributed by atoms with Crippen molar-refractivity contribution in [3.63, 3.8) is 0 Å². The van der Waals surface area contributed by atoms with Crippen LogP contribution in [0.25, 0.3) is 0 Å². The molecule has 0 aromatic heterocycles. The van der Waals surface area contributed by atoms with Crippen LogP contribution in [0.5, 0.6) is 0 Å². The highest BCUT2D eigenvalue weighted by atomic mass is 32.2. The van der Waals surface area contributed by atoms with E-state index in [2.05, 4.69) is 17.0 Å². The molecule has 0 amide bonds. The molecular formula is C13H23N3O2S. The number of nitrogens with two attached hydrogens (primary N) is 1. The molecule has 0 aliphatic carbocycles. The molecule has 0 saturated carbocycles. The van der Waals surface area contributed by atoms with E-state index in [1.54, 1.807) is 24.3 Å². The normalized spacial score (nSPS) is 13.2. The van der Waals surface area contributed by atoms with E-state index in [0.717, 1.165) is 24.9 Å². The second kappa shape index (κ2) is 7.47. The lowest BCUT2D eigenvalue weighted by Gasteiger charge is -2.18. The third-order valence-corrected chi connectivity index (χ3v) is 4.43. The molecule has 0 spiro atoms. The molecule has 19 heavy (non-hydrogen) atoms. The van der Waals surface area contributed by atoms with E-state index in [9.17, 15) is 8.42 Å². The van der Waals surface area contributed by atoms with Gasteiger partial charge in [-0.15, -0.1) is 0 Å². The monoisotopic (exact) mass is 285 g/mol. The predicted octanol–water partition coefficient (Wildman–Crippen LogP) is 1.52. The van der Waals surface area contributed by atoms with Crippen LogP contribution in [0.15, 0.2) is 29.2 Å². The average Bonchev–Trinajstić information content (AvgIpc) is 2.44. The van der Waals surface area contributed by atoms with Crippen molar-refractivity contribution in [3.05, 3.63) is 24.3 Å². The van der Waals surface area contributed by atoms with Crippen molar-refractivity contribution in [1.82, 2.24) is 4.72 Å². The van der Waals surface area contributed by atoms with Crippen molar-refractivity contribution >= 4 is 15.7 Å². The Bertz CT molecular complexity index is 471. The van der Waals surface area contributed by atoms with Gasteiger partial charge in [0.15, 0.2) is 0 Å². The zero-order valence-corrected chi connectivity index (χ0v) is 12.3. The Balaban J connectivity index is 2.71. The van der Waals surface area contributed by atoms with Crippen molar-refractivity contribution in [3.8, 4) is 0 Å². The third-order valence-electron chi connectivity index (χ3n) is 2.99. The summed E-state index contributed by atoms with van der Waals surface area (Å²) in [6.07, 6.45) is 3.28. The van der Waals surface area contributed by atoms with E-state index < -0.39 is 10.0 Å². The summed E-state index contributed by atoms with van der Waals surface area (Å²) < 4.78 is 25.4. The second-order valence-corrected chi connectivity index (χ2v) is 6.34. The number of sulfonamides is 1. The largest absolute Gasteiger partial charge is 0.381 e. The van der Waals surface area contributed by atoms with Crippen molar-refractivity contribution < 1.29 is 8.42 Å².